The van der Waals surface area contributed by atoms with Crippen molar-refractivity contribution < 1.29 is 37.6 Å². The lowest BCUT2D eigenvalue weighted by atomic mass is 10.1. The largest absolute Gasteiger partial charge is 0.470 e. The summed E-state index contributed by atoms with van der Waals surface area (Å²) in [5.41, 5.74) is 1.12. The number of carbonyl (C=O) groups excluding carboxylic acids is 1. The molecule has 0 aliphatic carbocycles. The zero-order valence-electron chi connectivity index (χ0n) is 19.5. The van der Waals surface area contributed by atoms with Gasteiger partial charge in [0.2, 0.25) is 5.88 Å². The van der Waals surface area contributed by atoms with Crippen LogP contribution in [0.3, 0.4) is 0 Å². The number of hydrogen-bond donors (Lipinski definition) is 2. The van der Waals surface area contributed by atoms with Crippen LogP contribution in [0.4, 0.5) is 14.5 Å². The smallest absolute Gasteiger partial charge is 0.205 e. The first-order chi connectivity index (χ1) is 17.4. The van der Waals surface area contributed by atoms with Gasteiger partial charge in [0, 0.05) is 18.8 Å². The van der Waals surface area contributed by atoms with Gasteiger partial charge in [0.05, 0.1) is 43.2 Å². The van der Waals surface area contributed by atoms with Crippen LogP contribution in [0.5, 0.6) is 5.88 Å². The van der Waals surface area contributed by atoms with Crippen molar-refractivity contribution in [3.8, 4) is 17.1 Å². The van der Waals surface area contributed by atoms with Crippen molar-refractivity contribution in [1.82, 2.24) is 9.97 Å². The number of rotatable bonds is 5. The molecule has 3 fully saturated rings. The van der Waals surface area contributed by atoms with E-state index >= 15 is 8.78 Å². The third kappa shape index (κ3) is 3.92. The van der Waals surface area contributed by atoms with E-state index in [-0.39, 0.29) is 47.2 Å². The zero-order chi connectivity index (χ0) is 25.0. The van der Waals surface area contributed by atoms with Crippen LogP contribution in [-0.2, 0) is 14.2 Å². The maximum Gasteiger partial charge on any atom is 0.205 e. The van der Waals surface area contributed by atoms with Crippen LogP contribution in [0.25, 0.3) is 22.3 Å². The molecular formula is C25H25F2N3O6. The SMILES string of the molecule is CC(=O)c1c(O[C@@H]2COC3[C@H](O)CO[C@@H]32)[nH]c2ccc(-c3c(F)cc(N4CCOCC4)cc3F)nc12. The quantitative estimate of drug-likeness (QED) is 0.514. The van der Waals surface area contributed by atoms with Crippen LogP contribution in [-0.4, -0.2) is 84.8 Å². The number of aromatic nitrogens is 2. The fourth-order valence-electron chi connectivity index (χ4n) is 5.10. The maximum absolute atomic E-state index is 15.2. The molecule has 0 spiro atoms. The average molecular weight is 501 g/mol. The summed E-state index contributed by atoms with van der Waals surface area (Å²) in [6.45, 7) is 3.79. The third-order valence-corrected chi connectivity index (χ3v) is 6.87. The van der Waals surface area contributed by atoms with Crippen molar-refractivity contribution in [3.63, 3.8) is 0 Å². The van der Waals surface area contributed by atoms with Crippen LogP contribution < -0.4 is 9.64 Å². The Morgan fingerprint density at radius 1 is 1.14 bits per heavy atom. The Morgan fingerprint density at radius 2 is 1.86 bits per heavy atom. The van der Waals surface area contributed by atoms with Crippen molar-refractivity contribution in [3.05, 3.63) is 41.5 Å². The highest BCUT2D eigenvalue weighted by Crippen LogP contribution is 2.36. The van der Waals surface area contributed by atoms with Crippen molar-refractivity contribution in [1.29, 1.82) is 0 Å². The number of fused-ring (bicyclic) bond motifs is 2. The number of halogens is 2. The molecule has 0 radical (unpaired) electrons. The fraction of sp³-hybridized carbons (Fsp3) is 0.440. The molecule has 36 heavy (non-hydrogen) atoms. The molecular weight excluding hydrogens is 476 g/mol. The van der Waals surface area contributed by atoms with Gasteiger partial charge in [-0.15, -0.1) is 0 Å². The van der Waals surface area contributed by atoms with E-state index in [0.717, 1.165) is 0 Å². The van der Waals surface area contributed by atoms with E-state index in [1.54, 1.807) is 6.07 Å². The summed E-state index contributed by atoms with van der Waals surface area (Å²) < 4.78 is 52.9. The molecule has 9 nitrogen and oxygen atoms in total. The standard InChI is InChI=1S/C25H25F2N3O6/c1-12(31)20-22-17(29-25(20)36-19-11-35-23-18(32)10-34-24(19)23)3-2-16(28-22)21-14(26)8-13(9-15(21)27)30-4-6-33-7-5-30/h2-3,8-9,18-19,23-24,29,32H,4-7,10-11H2,1H3/t18-,19-,23?,24-/m1/s1. The molecule has 2 N–H and O–H groups in total. The fourth-order valence-corrected chi connectivity index (χ4v) is 5.10. The lowest BCUT2D eigenvalue weighted by Gasteiger charge is -2.29. The number of carbonyl (C=O) groups is 1. The van der Waals surface area contributed by atoms with Gasteiger partial charge < -0.3 is 33.9 Å². The highest BCUT2D eigenvalue weighted by Gasteiger charge is 2.48. The highest BCUT2D eigenvalue weighted by atomic mass is 19.1. The van der Waals surface area contributed by atoms with Crippen molar-refractivity contribution in [2.45, 2.75) is 31.3 Å². The molecule has 11 heteroatoms. The number of hydrogen-bond acceptors (Lipinski definition) is 8. The number of aromatic amines is 1. The van der Waals surface area contributed by atoms with Gasteiger partial charge in [0.25, 0.3) is 0 Å². The molecule has 190 valence electrons. The molecule has 1 unspecified atom stereocenters. The zero-order valence-corrected chi connectivity index (χ0v) is 19.5. The second-order valence-corrected chi connectivity index (χ2v) is 9.18. The summed E-state index contributed by atoms with van der Waals surface area (Å²) in [6.07, 6.45) is -2.23. The van der Waals surface area contributed by atoms with Crippen LogP contribution >= 0.6 is 0 Å². The second-order valence-electron chi connectivity index (χ2n) is 9.18. The van der Waals surface area contributed by atoms with Gasteiger partial charge >= 0.3 is 0 Å². The molecule has 6 rings (SSSR count). The Kier molecular flexibility index (Phi) is 5.87. The maximum atomic E-state index is 15.2. The first-order valence-electron chi connectivity index (χ1n) is 11.8. The lowest BCUT2D eigenvalue weighted by molar-refractivity contribution is 0.00781. The minimum Gasteiger partial charge on any atom is -0.470 e. The normalized spacial score (nSPS) is 25.9. The number of Topliss-reactive ketones (excluding diaryl/α,β-unsaturated/α-hetero) is 1. The summed E-state index contributed by atoms with van der Waals surface area (Å²) in [5, 5.41) is 9.97. The summed E-state index contributed by atoms with van der Waals surface area (Å²) >= 11 is 0. The number of morpholine rings is 1. The number of H-pyrrole nitrogens is 1. The van der Waals surface area contributed by atoms with Gasteiger partial charge in [-0.1, -0.05) is 0 Å². The number of pyridine rings is 1. The average Bonchev–Trinajstić information content (AvgIpc) is 3.54. The first-order valence-corrected chi connectivity index (χ1v) is 11.8. The van der Waals surface area contributed by atoms with Crippen LogP contribution in [0.2, 0.25) is 0 Å². The molecule has 0 bridgehead atoms. The van der Waals surface area contributed by atoms with Gasteiger partial charge in [-0.25, -0.2) is 13.8 Å². The van der Waals surface area contributed by atoms with E-state index in [1.165, 1.54) is 25.1 Å². The lowest BCUT2D eigenvalue weighted by Crippen LogP contribution is -2.36. The van der Waals surface area contributed by atoms with Crippen LogP contribution in [0, 0.1) is 11.6 Å². The molecule has 1 aromatic carbocycles. The Morgan fingerprint density at radius 3 is 2.58 bits per heavy atom. The van der Waals surface area contributed by atoms with Gasteiger partial charge in [0.1, 0.15) is 41.0 Å². The Hall–Kier alpha value is -3.12. The highest BCUT2D eigenvalue weighted by molar-refractivity contribution is 6.08. The molecule has 2 aromatic heterocycles. The number of nitrogens with zero attached hydrogens (tertiary/aromatic N) is 2. The van der Waals surface area contributed by atoms with Crippen LogP contribution in [0.15, 0.2) is 24.3 Å². The number of aliphatic hydroxyl groups is 1. The summed E-state index contributed by atoms with van der Waals surface area (Å²) in [7, 11) is 0. The molecule has 3 aliphatic heterocycles. The van der Waals surface area contributed by atoms with Gasteiger partial charge in [-0.3, -0.25) is 4.79 Å². The molecule has 3 aromatic rings. The predicted octanol–water partition coefficient (Wildman–Crippen LogP) is 2.45. The number of anilines is 1. The summed E-state index contributed by atoms with van der Waals surface area (Å²) in [6, 6.07) is 5.68. The molecule has 3 saturated heterocycles. The summed E-state index contributed by atoms with van der Waals surface area (Å²) in [5.74, 6) is -1.64. The van der Waals surface area contributed by atoms with Crippen molar-refractivity contribution >= 4 is 22.5 Å². The van der Waals surface area contributed by atoms with Gasteiger partial charge in [0.15, 0.2) is 11.9 Å². The van der Waals surface area contributed by atoms with E-state index < -0.39 is 36.1 Å². The van der Waals surface area contributed by atoms with E-state index in [2.05, 4.69) is 9.97 Å². The van der Waals surface area contributed by atoms with Gasteiger partial charge in [-0.2, -0.15) is 0 Å². The molecule has 0 saturated carbocycles. The number of benzene rings is 1. The van der Waals surface area contributed by atoms with Crippen molar-refractivity contribution in [2.75, 3.05) is 44.4 Å². The second kappa shape index (κ2) is 9.07. The summed E-state index contributed by atoms with van der Waals surface area (Å²) in [4.78, 5) is 21.9. The Bertz CT molecular complexity index is 1300. The molecule has 0 amide bonds. The van der Waals surface area contributed by atoms with E-state index in [4.69, 9.17) is 18.9 Å². The number of ketones is 1. The van der Waals surface area contributed by atoms with E-state index in [1.807, 2.05) is 4.90 Å². The topological polar surface area (TPSA) is 106 Å². The van der Waals surface area contributed by atoms with Crippen molar-refractivity contribution in [2.24, 2.45) is 0 Å². The van der Waals surface area contributed by atoms with E-state index in [9.17, 15) is 9.90 Å². The number of aliphatic hydroxyl groups excluding tert-OH is 1. The minimum atomic E-state index is -0.745. The third-order valence-electron chi connectivity index (χ3n) is 6.87. The Labute approximate surface area is 204 Å². The number of nitrogens with one attached hydrogen (secondary N) is 1. The molecule has 5 heterocycles. The van der Waals surface area contributed by atoms with E-state index in [0.29, 0.717) is 37.5 Å². The van der Waals surface area contributed by atoms with Crippen LogP contribution in [0.1, 0.15) is 17.3 Å². The monoisotopic (exact) mass is 501 g/mol. The minimum absolute atomic E-state index is 0.0607. The first kappa shape index (κ1) is 23.3. The molecule has 3 aliphatic rings. The number of ether oxygens (including phenoxy) is 4. The predicted molar refractivity (Wildman–Crippen MR) is 124 cm³/mol. The van der Waals surface area contributed by atoms with Gasteiger partial charge in [-0.05, 0) is 31.2 Å². The molecule has 4 atom stereocenters. The Balaban J connectivity index is 1.35.